The van der Waals surface area contributed by atoms with Crippen LogP contribution < -0.4 is 5.73 Å². The molecule has 0 saturated heterocycles. The van der Waals surface area contributed by atoms with Crippen molar-refractivity contribution in [3.8, 4) is 0 Å². The Balaban J connectivity index is 2.14. The molecule has 0 heterocycles. The molecule has 2 saturated carbocycles. The molecule has 0 aromatic carbocycles. The van der Waals surface area contributed by atoms with E-state index in [0.29, 0.717) is 6.54 Å². The first-order chi connectivity index (χ1) is 6.71. The van der Waals surface area contributed by atoms with E-state index in [1.807, 2.05) is 0 Å². The molecule has 0 bridgehead atoms. The lowest BCUT2D eigenvalue weighted by atomic mass is 9.79. The molecule has 2 aliphatic rings. The van der Waals surface area contributed by atoms with Crippen molar-refractivity contribution in [2.24, 2.45) is 16.6 Å². The molecule has 2 N–H and O–H groups in total. The van der Waals surface area contributed by atoms with Crippen molar-refractivity contribution < 1.29 is 9.53 Å². The summed E-state index contributed by atoms with van der Waals surface area (Å²) in [6.07, 6.45) is 7.10. The number of nitrogens with two attached hydrogens (primary N) is 1. The van der Waals surface area contributed by atoms with Crippen LogP contribution in [0.2, 0.25) is 0 Å². The van der Waals surface area contributed by atoms with Gasteiger partial charge in [-0.2, -0.15) is 0 Å². The average Bonchev–Trinajstić information content (AvgIpc) is 2.87. The van der Waals surface area contributed by atoms with Crippen LogP contribution in [0.1, 0.15) is 38.5 Å². The lowest BCUT2D eigenvalue weighted by Crippen LogP contribution is -2.33. The number of hydrogen-bond donors (Lipinski definition) is 1. The van der Waals surface area contributed by atoms with E-state index in [1.54, 1.807) is 0 Å². The molecule has 2 rings (SSSR count). The van der Waals surface area contributed by atoms with Crippen LogP contribution >= 0.6 is 0 Å². The third-order valence-corrected chi connectivity index (χ3v) is 4.27. The van der Waals surface area contributed by atoms with E-state index in [2.05, 4.69) is 0 Å². The maximum Gasteiger partial charge on any atom is 0.313 e. The van der Waals surface area contributed by atoms with Crippen LogP contribution in [0.4, 0.5) is 0 Å². The average molecular weight is 197 g/mol. The molecule has 14 heavy (non-hydrogen) atoms. The zero-order chi connectivity index (χ0) is 10.2. The second-order valence-corrected chi connectivity index (χ2v) is 4.80. The van der Waals surface area contributed by atoms with Crippen molar-refractivity contribution in [1.82, 2.24) is 0 Å². The van der Waals surface area contributed by atoms with Gasteiger partial charge in [0.25, 0.3) is 0 Å². The van der Waals surface area contributed by atoms with Gasteiger partial charge < -0.3 is 10.5 Å². The Morgan fingerprint density at radius 2 is 2.00 bits per heavy atom. The number of rotatable bonds is 2. The van der Waals surface area contributed by atoms with Crippen LogP contribution in [0.15, 0.2) is 0 Å². The Kier molecular flexibility index (Phi) is 2.30. The van der Waals surface area contributed by atoms with Crippen LogP contribution in [-0.4, -0.2) is 19.6 Å². The molecule has 1 atom stereocenters. The first kappa shape index (κ1) is 9.97. The lowest BCUT2D eigenvalue weighted by Gasteiger charge is -2.26. The third-order valence-electron chi connectivity index (χ3n) is 4.27. The Morgan fingerprint density at radius 1 is 1.36 bits per heavy atom. The molecule has 0 amide bonds. The van der Waals surface area contributed by atoms with E-state index in [1.165, 1.54) is 39.2 Å². The van der Waals surface area contributed by atoms with Crippen LogP contribution in [0.3, 0.4) is 0 Å². The molecule has 0 aliphatic heterocycles. The van der Waals surface area contributed by atoms with Gasteiger partial charge in [0.05, 0.1) is 12.5 Å². The Hall–Kier alpha value is -0.570. The van der Waals surface area contributed by atoms with Crippen LogP contribution in [-0.2, 0) is 9.53 Å². The fourth-order valence-corrected chi connectivity index (χ4v) is 3.27. The molecule has 0 aromatic rings. The van der Waals surface area contributed by atoms with Gasteiger partial charge in [0.15, 0.2) is 0 Å². The molecule has 1 unspecified atom stereocenters. The Morgan fingerprint density at radius 3 is 2.50 bits per heavy atom. The number of ether oxygens (including phenoxy) is 1. The Bertz CT molecular complexity index is 246. The predicted octanol–water partition coefficient (Wildman–Crippen LogP) is 1.46. The van der Waals surface area contributed by atoms with Gasteiger partial charge >= 0.3 is 5.97 Å². The van der Waals surface area contributed by atoms with Crippen molar-refractivity contribution in [2.75, 3.05) is 13.7 Å². The first-order valence-electron chi connectivity index (χ1n) is 5.49. The van der Waals surface area contributed by atoms with Gasteiger partial charge in [0.2, 0.25) is 0 Å². The highest BCUT2D eigenvalue weighted by Gasteiger charge is 2.70. The summed E-state index contributed by atoms with van der Waals surface area (Å²) in [6, 6.07) is 0. The van der Waals surface area contributed by atoms with Crippen LogP contribution in [0, 0.1) is 10.8 Å². The fourth-order valence-electron chi connectivity index (χ4n) is 3.27. The summed E-state index contributed by atoms with van der Waals surface area (Å²) in [5.41, 5.74) is 5.65. The molecule has 3 heteroatoms. The number of hydrogen-bond acceptors (Lipinski definition) is 3. The molecule has 2 aliphatic carbocycles. The molecule has 3 nitrogen and oxygen atoms in total. The van der Waals surface area contributed by atoms with Crippen LogP contribution in [0.25, 0.3) is 0 Å². The quantitative estimate of drug-likeness (QED) is 0.682. The third kappa shape index (κ3) is 1.11. The van der Waals surface area contributed by atoms with Gasteiger partial charge in [0, 0.05) is 6.54 Å². The highest BCUT2D eigenvalue weighted by Crippen LogP contribution is 2.70. The zero-order valence-electron chi connectivity index (χ0n) is 8.84. The summed E-state index contributed by atoms with van der Waals surface area (Å²) in [5.74, 6) is -0.0816. The minimum Gasteiger partial charge on any atom is -0.469 e. The minimum absolute atomic E-state index is 0.0816. The maximum atomic E-state index is 11.7. The zero-order valence-corrected chi connectivity index (χ0v) is 8.84. The van der Waals surface area contributed by atoms with E-state index < -0.39 is 0 Å². The molecular weight excluding hydrogens is 178 g/mol. The lowest BCUT2D eigenvalue weighted by molar-refractivity contribution is -0.148. The monoisotopic (exact) mass is 197 g/mol. The summed E-state index contributed by atoms with van der Waals surface area (Å²) in [7, 11) is 1.47. The second kappa shape index (κ2) is 3.23. The van der Waals surface area contributed by atoms with E-state index in [-0.39, 0.29) is 16.8 Å². The summed E-state index contributed by atoms with van der Waals surface area (Å²) >= 11 is 0. The summed E-state index contributed by atoms with van der Waals surface area (Å²) < 4.78 is 4.88. The van der Waals surface area contributed by atoms with Gasteiger partial charge in [-0.05, 0) is 24.7 Å². The molecule has 80 valence electrons. The first-order valence-corrected chi connectivity index (χ1v) is 5.49. The van der Waals surface area contributed by atoms with Crippen molar-refractivity contribution in [3.63, 3.8) is 0 Å². The predicted molar refractivity (Wildman–Crippen MR) is 53.6 cm³/mol. The summed E-state index contributed by atoms with van der Waals surface area (Å²) in [6.45, 7) is 0.458. The molecule has 0 aromatic heterocycles. The maximum absolute atomic E-state index is 11.7. The normalized spacial score (nSPS) is 34.1. The van der Waals surface area contributed by atoms with E-state index >= 15 is 0 Å². The number of esters is 1. The molecule has 1 spiro atoms. The molecular formula is C11H19NO2. The summed E-state index contributed by atoms with van der Waals surface area (Å²) in [5, 5.41) is 0. The highest BCUT2D eigenvalue weighted by molar-refractivity contribution is 5.82. The second-order valence-electron chi connectivity index (χ2n) is 4.80. The van der Waals surface area contributed by atoms with Gasteiger partial charge in [-0.15, -0.1) is 0 Å². The SMILES string of the molecule is COC(=O)C1(CN)CC12CCCCC2. The number of carbonyl (C=O) groups excluding carboxylic acids is 1. The largest absolute Gasteiger partial charge is 0.469 e. The number of carbonyl (C=O) groups is 1. The van der Waals surface area contributed by atoms with Crippen molar-refractivity contribution >= 4 is 5.97 Å². The van der Waals surface area contributed by atoms with Crippen molar-refractivity contribution in [1.29, 1.82) is 0 Å². The van der Waals surface area contributed by atoms with Gasteiger partial charge in [-0.3, -0.25) is 4.79 Å². The molecule has 2 fully saturated rings. The molecule has 0 radical (unpaired) electrons. The van der Waals surface area contributed by atoms with E-state index in [0.717, 1.165) is 6.42 Å². The van der Waals surface area contributed by atoms with Crippen molar-refractivity contribution in [3.05, 3.63) is 0 Å². The highest BCUT2D eigenvalue weighted by atomic mass is 16.5. The summed E-state index contributed by atoms with van der Waals surface area (Å²) in [4.78, 5) is 11.7. The van der Waals surface area contributed by atoms with Gasteiger partial charge in [-0.25, -0.2) is 0 Å². The van der Waals surface area contributed by atoms with E-state index in [9.17, 15) is 4.79 Å². The smallest absolute Gasteiger partial charge is 0.313 e. The topological polar surface area (TPSA) is 52.3 Å². The van der Waals surface area contributed by atoms with Gasteiger partial charge in [0.1, 0.15) is 0 Å². The fraction of sp³-hybridized carbons (Fsp3) is 0.909. The minimum atomic E-state index is -0.317. The Labute approximate surface area is 85.0 Å². The van der Waals surface area contributed by atoms with Crippen LogP contribution in [0.5, 0.6) is 0 Å². The van der Waals surface area contributed by atoms with E-state index in [4.69, 9.17) is 10.5 Å². The van der Waals surface area contributed by atoms with Crippen molar-refractivity contribution in [2.45, 2.75) is 38.5 Å². The standard InChI is InChI=1S/C11H19NO2/c1-14-9(13)11(8-12)7-10(11)5-3-2-4-6-10/h2-8,12H2,1H3. The van der Waals surface area contributed by atoms with Gasteiger partial charge in [-0.1, -0.05) is 19.3 Å². The number of methoxy groups -OCH3 is 1.